The van der Waals surface area contributed by atoms with Gasteiger partial charge in [-0.15, -0.1) is 0 Å². The van der Waals surface area contributed by atoms with Crippen molar-refractivity contribution in [1.82, 2.24) is 9.97 Å². The molecule has 1 fully saturated rings. The lowest BCUT2D eigenvalue weighted by Gasteiger charge is -2.13. The van der Waals surface area contributed by atoms with Crippen LogP contribution in [-0.2, 0) is 0 Å². The van der Waals surface area contributed by atoms with E-state index < -0.39 is 0 Å². The van der Waals surface area contributed by atoms with E-state index in [1.807, 2.05) is 0 Å². The van der Waals surface area contributed by atoms with Crippen molar-refractivity contribution in [2.45, 2.75) is 26.2 Å². The molecular formula is C12H20N4O. The average Bonchev–Trinajstić information content (AvgIpc) is 2.74. The molecule has 0 saturated heterocycles. The first kappa shape index (κ1) is 12.0. The summed E-state index contributed by atoms with van der Waals surface area (Å²) < 4.78 is 5.06. The van der Waals surface area contributed by atoms with Gasteiger partial charge < -0.3 is 15.8 Å². The molecule has 0 radical (unpaired) electrons. The summed E-state index contributed by atoms with van der Waals surface area (Å²) in [4.78, 5) is 8.09. The van der Waals surface area contributed by atoms with E-state index in [-0.39, 0.29) is 0 Å². The van der Waals surface area contributed by atoms with Gasteiger partial charge in [0.05, 0.1) is 7.11 Å². The summed E-state index contributed by atoms with van der Waals surface area (Å²) in [6, 6.07) is 0. The fraction of sp³-hybridized carbons (Fsp3) is 0.667. The summed E-state index contributed by atoms with van der Waals surface area (Å²) in [6.07, 6.45) is 5.37. The summed E-state index contributed by atoms with van der Waals surface area (Å²) in [7, 11) is 1.56. The van der Waals surface area contributed by atoms with Crippen molar-refractivity contribution in [3.8, 4) is 5.88 Å². The van der Waals surface area contributed by atoms with Gasteiger partial charge in [-0.25, -0.2) is 4.98 Å². The van der Waals surface area contributed by atoms with Crippen molar-refractivity contribution in [2.24, 2.45) is 11.8 Å². The number of hydrogen-bond donors (Lipinski definition) is 2. The number of nitrogens with zero attached hydrogens (tertiary/aromatic N) is 2. The number of nitrogens with one attached hydrogen (secondary N) is 1. The van der Waals surface area contributed by atoms with E-state index in [0.29, 0.717) is 17.4 Å². The van der Waals surface area contributed by atoms with Crippen LogP contribution in [0.1, 0.15) is 26.2 Å². The lowest BCUT2D eigenvalue weighted by molar-refractivity contribution is 0.399. The van der Waals surface area contributed by atoms with Gasteiger partial charge in [0.1, 0.15) is 12.0 Å². The predicted octanol–water partition coefficient (Wildman–Crippen LogP) is 1.92. The van der Waals surface area contributed by atoms with Crippen LogP contribution in [0.15, 0.2) is 6.33 Å². The van der Waals surface area contributed by atoms with E-state index >= 15 is 0 Å². The van der Waals surface area contributed by atoms with E-state index in [4.69, 9.17) is 10.5 Å². The number of rotatable bonds is 4. The minimum atomic E-state index is 0.433. The molecule has 1 aromatic heterocycles. The van der Waals surface area contributed by atoms with Gasteiger partial charge in [-0.1, -0.05) is 13.3 Å². The number of hydrogen-bond acceptors (Lipinski definition) is 5. The molecule has 5 nitrogen and oxygen atoms in total. The van der Waals surface area contributed by atoms with E-state index in [1.165, 1.54) is 25.6 Å². The molecule has 3 N–H and O–H groups in total. The second-order valence-corrected chi connectivity index (χ2v) is 4.81. The fourth-order valence-corrected chi connectivity index (χ4v) is 2.43. The molecule has 0 aliphatic heterocycles. The summed E-state index contributed by atoms with van der Waals surface area (Å²) in [5.74, 6) is 2.68. The minimum absolute atomic E-state index is 0.433. The lowest BCUT2D eigenvalue weighted by Crippen LogP contribution is -2.14. The maximum absolute atomic E-state index is 5.89. The van der Waals surface area contributed by atoms with Crippen molar-refractivity contribution < 1.29 is 4.74 Å². The zero-order valence-corrected chi connectivity index (χ0v) is 10.4. The summed E-state index contributed by atoms with van der Waals surface area (Å²) in [5.41, 5.74) is 6.38. The highest BCUT2D eigenvalue weighted by Gasteiger charge is 2.21. The predicted molar refractivity (Wildman–Crippen MR) is 68.0 cm³/mol. The van der Waals surface area contributed by atoms with Gasteiger partial charge in [0.2, 0.25) is 5.88 Å². The van der Waals surface area contributed by atoms with E-state index in [0.717, 1.165) is 18.4 Å². The van der Waals surface area contributed by atoms with Crippen LogP contribution in [0, 0.1) is 11.8 Å². The first-order valence-electron chi connectivity index (χ1n) is 6.09. The van der Waals surface area contributed by atoms with Crippen LogP contribution in [0.4, 0.5) is 11.5 Å². The molecule has 1 aliphatic carbocycles. The van der Waals surface area contributed by atoms with Crippen LogP contribution >= 0.6 is 0 Å². The monoisotopic (exact) mass is 236 g/mol. The first-order chi connectivity index (χ1) is 8.20. The number of anilines is 2. The van der Waals surface area contributed by atoms with Crippen molar-refractivity contribution in [2.75, 3.05) is 24.7 Å². The smallest absolute Gasteiger partial charge is 0.242 e. The highest BCUT2D eigenvalue weighted by molar-refractivity contribution is 5.66. The number of ether oxygens (including phenoxy) is 1. The van der Waals surface area contributed by atoms with E-state index in [9.17, 15) is 0 Å². The number of methoxy groups -OCH3 is 1. The molecule has 1 heterocycles. The Bertz CT molecular complexity index is 383. The van der Waals surface area contributed by atoms with Gasteiger partial charge in [0.15, 0.2) is 5.82 Å². The highest BCUT2D eigenvalue weighted by atomic mass is 16.5. The molecule has 0 amide bonds. The highest BCUT2D eigenvalue weighted by Crippen LogP contribution is 2.31. The zero-order valence-electron chi connectivity index (χ0n) is 10.4. The van der Waals surface area contributed by atoms with Crippen LogP contribution in [-0.4, -0.2) is 23.6 Å². The molecule has 0 bridgehead atoms. The lowest BCUT2D eigenvalue weighted by atomic mass is 10.1. The maximum Gasteiger partial charge on any atom is 0.242 e. The van der Waals surface area contributed by atoms with Crippen LogP contribution < -0.4 is 15.8 Å². The fourth-order valence-electron chi connectivity index (χ4n) is 2.43. The van der Waals surface area contributed by atoms with Crippen molar-refractivity contribution in [3.63, 3.8) is 0 Å². The third-order valence-electron chi connectivity index (χ3n) is 3.40. The van der Waals surface area contributed by atoms with Crippen LogP contribution in [0.5, 0.6) is 5.88 Å². The normalized spacial score (nSPS) is 23.6. The maximum atomic E-state index is 5.89. The van der Waals surface area contributed by atoms with Crippen LogP contribution in [0.2, 0.25) is 0 Å². The molecule has 2 rings (SSSR count). The SMILES string of the molecule is COc1ncnc(NCC2CCC(C)C2)c1N. The largest absolute Gasteiger partial charge is 0.479 e. The molecule has 0 aromatic carbocycles. The van der Waals surface area contributed by atoms with Gasteiger partial charge in [-0.05, 0) is 24.7 Å². The molecule has 0 spiro atoms. The van der Waals surface area contributed by atoms with Crippen molar-refractivity contribution in [3.05, 3.63) is 6.33 Å². The minimum Gasteiger partial charge on any atom is -0.479 e. The van der Waals surface area contributed by atoms with Gasteiger partial charge in [-0.3, -0.25) is 0 Å². The molecule has 1 saturated carbocycles. The molecule has 5 heteroatoms. The quantitative estimate of drug-likeness (QED) is 0.835. The number of nitrogens with two attached hydrogens (primary N) is 1. The van der Waals surface area contributed by atoms with Gasteiger partial charge in [-0.2, -0.15) is 4.98 Å². The molecule has 17 heavy (non-hydrogen) atoms. The van der Waals surface area contributed by atoms with Crippen molar-refractivity contribution in [1.29, 1.82) is 0 Å². The molecule has 94 valence electrons. The summed E-state index contributed by atoms with van der Waals surface area (Å²) in [6.45, 7) is 3.23. The molecule has 1 aromatic rings. The summed E-state index contributed by atoms with van der Waals surface area (Å²) in [5, 5.41) is 3.29. The van der Waals surface area contributed by atoms with Gasteiger partial charge >= 0.3 is 0 Å². The Morgan fingerprint density at radius 3 is 2.94 bits per heavy atom. The third-order valence-corrected chi connectivity index (χ3v) is 3.40. The molecule has 2 unspecified atom stereocenters. The molecular weight excluding hydrogens is 216 g/mol. The van der Waals surface area contributed by atoms with E-state index in [1.54, 1.807) is 7.11 Å². The van der Waals surface area contributed by atoms with E-state index in [2.05, 4.69) is 22.2 Å². The van der Waals surface area contributed by atoms with Crippen LogP contribution in [0.3, 0.4) is 0 Å². The Kier molecular flexibility index (Phi) is 3.66. The standard InChI is InChI=1S/C12H20N4O/c1-8-3-4-9(5-8)6-14-11-10(13)12(17-2)16-7-15-11/h7-9H,3-6,13H2,1-2H3,(H,14,15,16). The molecule has 1 aliphatic rings. The first-order valence-corrected chi connectivity index (χ1v) is 6.09. The van der Waals surface area contributed by atoms with Crippen LogP contribution in [0.25, 0.3) is 0 Å². The summed E-state index contributed by atoms with van der Waals surface area (Å²) >= 11 is 0. The van der Waals surface area contributed by atoms with Gasteiger partial charge in [0.25, 0.3) is 0 Å². The second-order valence-electron chi connectivity index (χ2n) is 4.81. The second kappa shape index (κ2) is 5.21. The zero-order chi connectivity index (χ0) is 12.3. The number of aromatic nitrogens is 2. The van der Waals surface area contributed by atoms with Gasteiger partial charge in [0, 0.05) is 6.54 Å². The Morgan fingerprint density at radius 2 is 2.29 bits per heavy atom. The topological polar surface area (TPSA) is 73.1 Å². The van der Waals surface area contributed by atoms with Crippen molar-refractivity contribution >= 4 is 11.5 Å². The third kappa shape index (κ3) is 2.78. The Balaban J connectivity index is 1.95. The number of nitrogen functional groups attached to an aromatic ring is 1. The average molecular weight is 236 g/mol. The Morgan fingerprint density at radius 1 is 1.47 bits per heavy atom. The Labute approximate surface area is 102 Å². The molecule has 2 atom stereocenters. The Hall–Kier alpha value is -1.52.